The number of hydrogen-bond donors (Lipinski definition) is 1. The van der Waals surface area contributed by atoms with Gasteiger partial charge in [0, 0.05) is 43.9 Å². The third-order valence-electron chi connectivity index (χ3n) is 5.54. The maximum absolute atomic E-state index is 12.5. The molecule has 0 aromatic heterocycles. The van der Waals surface area contributed by atoms with Crippen molar-refractivity contribution in [2.24, 2.45) is 5.16 Å². The first-order valence-corrected chi connectivity index (χ1v) is 10.0. The molecule has 2 aromatic carbocycles. The molecule has 1 saturated heterocycles. The first kappa shape index (κ1) is 18.8. The van der Waals surface area contributed by atoms with E-state index >= 15 is 0 Å². The molecule has 5 nitrogen and oxygen atoms in total. The molecule has 1 spiro atoms. The Hall–Kier alpha value is -2.53. The summed E-state index contributed by atoms with van der Waals surface area (Å²) in [7, 11) is 0. The first-order chi connectivity index (χ1) is 13.5. The molecule has 0 saturated carbocycles. The number of benzene rings is 2. The fourth-order valence-corrected chi connectivity index (χ4v) is 3.83. The van der Waals surface area contributed by atoms with Gasteiger partial charge in [-0.3, -0.25) is 0 Å². The first-order valence-electron chi connectivity index (χ1n) is 9.62. The Bertz CT molecular complexity index is 870. The second kappa shape index (κ2) is 7.84. The van der Waals surface area contributed by atoms with Crippen LogP contribution in [0.1, 0.15) is 36.0 Å². The van der Waals surface area contributed by atoms with Crippen LogP contribution in [-0.2, 0) is 11.4 Å². The molecule has 146 valence electrons. The van der Waals surface area contributed by atoms with Crippen LogP contribution in [0.15, 0.2) is 53.7 Å². The Morgan fingerprint density at radius 2 is 1.82 bits per heavy atom. The van der Waals surface area contributed by atoms with E-state index < -0.39 is 0 Å². The summed E-state index contributed by atoms with van der Waals surface area (Å²) < 4.78 is 0. The van der Waals surface area contributed by atoms with Gasteiger partial charge >= 0.3 is 6.03 Å². The summed E-state index contributed by atoms with van der Waals surface area (Å²) in [4.78, 5) is 20.2. The van der Waals surface area contributed by atoms with Gasteiger partial charge in [-0.15, -0.1) is 0 Å². The Balaban J connectivity index is 1.28. The standard InChI is InChI=1S/C22H24ClN3O2/c1-16-2-4-17(5-3-16)15-24-21(27)26-12-10-22(11-13-26)14-20(25-28-22)18-6-8-19(23)9-7-18/h2-9H,10-15H2,1H3,(H,24,27). The maximum atomic E-state index is 12.5. The van der Waals surface area contributed by atoms with E-state index in [1.54, 1.807) is 0 Å². The van der Waals surface area contributed by atoms with Crippen LogP contribution in [0.5, 0.6) is 0 Å². The summed E-state index contributed by atoms with van der Waals surface area (Å²) in [5.74, 6) is 0. The van der Waals surface area contributed by atoms with Gasteiger partial charge in [0.2, 0.25) is 0 Å². The van der Waals surface area contributed by atoms with Crippen LogP contribution >= 0.6 is 11.6 Å². The average molecular weight is 398 g/mol. The highest BCUT2D eigenvalue weighted by Crippen LogP contribution is 2.36. The summed E-state index contributed by atoms with van der Waals surface area (Å²) >= 11 is 5.96. The molecule has 2 aliphatic heterocycles. The molecule has 0 bridgehead atoms. The SMILES string of the molecule is Cc1ccc(CNC(=O)N2CCC3(CC2)CC(c2ccc(Cl)cc2)=NO3)cc1. The van der Waals surface area contributed by atoms with Gasteiger partial charge in [0.15, 0.2) is 0 Å². The number of nitrogens with zero attached hydrogens (tertiary/aromatic N) is 2. The highest BCUT2D eigenvalue weighted by atomic mass is 35.5. The predicted molar refractivity (Wildman–Crippen MR) is 111 cm³/mol. The quantitative estimate of drug-likeness (QED) is 0.827. The molecular weight excluding hydrogens is 374 g/mol. The van der Waals surface area contributed by atoms with Crippen molar-refractivity contribution in [2.45, 2.75) is 38.3 Å². The summed E-state index contributed by atoms with van der Waals surface area (Å²) in [5, 5.41) is 8.04. The Morgan fingerprint density at radius 1 is 1.14 bits per heavy atom. The lowest BCUT2D eigenvalue weighted by Crippen LogP contribution is -2.49. The molecule has 1 fully saturated rings. The van der Waals surface area contributed by atoms with Crippen LogP contribution in [-0.4, -0.2) is 35.3 Å². The van der Waals surface area contributed by atoms with E-state index in [4.69, 9.17) is 16.4 Å². The Labute approximate surface area is 170 Å². The summed E-state index contributed by atoms with van der Waals surface area (Å²) in [6.07, 6.45) is 2.34. The molecule has 2 heterocycles. The van der Waals surface area contributed by atoms with E-state index in [0.29, 0.717) is 24.7 Å². The highest BCUT2D eigenvalue weighted by Gasteiger charge is 2.43. The lowest BCUT2D eigenvalue weighted by Gasteiger charge is -2.37. The van der Waals surface area contributed by atoms with E-state index in [1.165, 1.54) is 5.56 Å². The normalized spacial score (nSPS) is 17.9. The molecule has 0 aliphatic carbocycles. The largest absolute Gasteiger partial charge is 0.388 e. The minimum Gasteiger partial charge on any atom is -0.388 e. The molecule has 0 unspecified atom stereocenters. The van der Waals surface area contributed by atoms with E-state index in [9.17, 15) is 4.79 Å². The minimum atomic E-state index is -0.289. The fraction of sp³-hybridized carbons (Fsp3) is 0.364. The Morgan fingerprint density at radius 3 is 2.50 bits per heavy atom. The molecule has 2 aliphatic rings. The minimum absolute atomic E-state index is 0.0211. The van der Waals surface area contributed by atoms with E-state index in [1.807, 2.05) is 41.3 Å². The summed E-state index contributed by atoms with van der Waals surface area (Å²) in [5.41, 5.74) is 4.03. The van der Waals surface area contributed by atoms with Crippen molar-refractivity contribution in [3.8, 4) is 0 Å². The number of likely N-dealkylation sites (tertiary alicyclic amines) is 1. The van der Waals surface area contributed by atoms with Crippen molar-refractivity contribution in [3.05, 3.63) is 70.2 Å². The molecule has 2 amide bonds. The van der Waals surface area contributed by atoms with Gasteiger partial charge in [0.1, 0.15) is 5.60 Å². The Kier molecular flexibility index (Phi) is 5.27. The van der Waals surface area contributed by atoms with Gasteiger partial charge in [-0.2, -0.15) is 0 Å². The molecular formula is C22H24ClN3O2. The smallest absolute Gasteiger partial charge is 0.317 e. The van der Waals surface area contributed by atoms with Crippen LogP contribution in [0.2, 0.25) is 5.02 Å². The number of amides is 2. The van der Waals surface area contributed by atoms with Crippen molar-refractivity contribution in [1.82, 2.24) is 10.2 Å². The van der Waals surface area contributed by atoms with Crippen LogP contribution in [0, 0.1) is 6.92 Å². The maximum Gasteiger partial charge on any atom is 0.317 e. The lowest BCUT2D eigenvalue weighted by atomic mass is 9.85. The molecule has 28 heavy (non-hydrogen) atoms. The monoisotopic (exact) mass is 397 g/mol. The van der Waals surface area contributed by atoms with E-state index in [-0.39, 0.29) is 11.6 Å². The van der Waals surface area contributed by atoms with Crippen molar-refractivity contribution in [3.63, 3.8) is 0 Å². The number of hydrogen-bond acceptors (Lipinski definition) is 3. The van der Waals surface area contributed by atoms with Crippen molar-refractivity contribution >= 4 is 23.3 Å². The van der Waals surface area contributed by atoms with Crippen molar-refractivity contribution < 1.29 is 9.63 Å². The van der Waals surface area contributed by atoms with Gasteiger partial charge in [0.05, 0.1) is 5.71 Å². The molecule has 1 N–H and O–H groups in total. The van der Waals surface area contributed by atoms with Crippen molar-refractivity contribution in [1.29, 1.82) is 0 Å². The number of carbonyl (C=O) groups is 1. The molecule has 0 radical (unpaired) electrons. The van der Waals surface area contributed by atoms with Crippen molar-refractivity contribution in [2.75, 3.05) is 13.1 Å². The zero-order valence-corrected chi connectivity index (χ0v) is 16.7. The zero-order valence-electron chi connectivity index (χ0n) is 16.0. The highest BCUT2D eigenvalue weighted by molar-refractivity contribution is 6.30. The van der Waals surface area contributed by atoms with Crippen LogP contribution in [0.4, 0.5) is 4.79 Å². The summed E-state index contributed by atoms with van der Waals surface area (Å²) in [6.45, 7) is 3.94. The number of halogens is 1. The van der Waals surface area contributed by atoms with Gasteiger partial charge in [-0.25, -0.2) is 4.79 Å². The van der Waals surface area contributed by atoms with Crippen LogP contribution < -0.4 is 5.32 Å². The second-order valence-electron chi connectivity index (χ2n) is 7.63. The number of nitrogens with one attached hydrogen (secondary N) is 1. The van der Waals surface area contributed by atoms with Crippen LogP contribution in [0.25, 0.3) is 0 Å². The van der Waals surface area contributed by atoms with E-state index in [2.05, 4.69) is 29.5 Å². The number of oxime groups is 1. The van der Waals surface area contributed by atoms with Gasteiger partial charge < -0.3 is 15.1 Å². The average Bonchev–Trinajstić information content (AvgIpc) is 3.12. The molecule has 2 aromatic rings. The number of urea groups is 1. The lowest BCUT2D eigenvalue weighted by molar-refractivity contribution is -0.0550. The third-order valence-corrected chi connectivity index (χ3v) is 5.79. The summed E-state index contributed by atoms with van der Waals surface area (Å²) in [6, 6.07) is 15.9. The van der Waals surface area contributed by atoms with E-state index in [0.717, 1.165) is 36.1 Å². The topological polar surface area (TPSA) is 53.9 Å². The number of rotatable bonds is 3. The third kappa shape index (κ3) is 4.14. The number of aryl methyl sites for hydroxylation is 1. The van der Waals surface area contributed by atoms with Gasteiger partial charge in [-0.05, 0) is 30.2 Å². The second-order valence-corrected chi connectivity index (χ2v) is 8.06. The van der Waals surface area contributed by atoms with Gasteiger partial charge in [0.25, 0.3) is 0 Å². The fourth-order valence-electron chi connectivity index (χ4n) is 3.70. The molecule has 4 rings (SSSR count). The van der Waals surface area contributed by atoms with Crippen LogP contribution in [0.3, 0.4) is 0 Å². The number of piperidine rings is 1. The molecule has 0 atom stereocenters. The number of carbonyl (C=O) groups excluding carboxylic acids is 1. The van der Waals surface area contributed by atoms with Gasteiger partial charge in [-0.1, -0.05) is 58.7 Å². The zero-order chi connectivity index (χ0) is 19.6. The molecule has 6 heteroatoms. The predicted octanol–water partition coefficient (Wildman–Crippen LogP) is 4.52.